The monoisotopic (exact) mass is 179 g/mol. The van der Waals surface area contributed by atoms with Gasteiger partial charge < -0.3 is 0 Å². The molecule has 0 aliphatic carbocycles. The van der Waals surface area contributed by atoms with Gasteiger partial charge in [-0.15, -0.1) is 12.6 Å². The molecule has 0 unspecified atom stereocenters. The molecule has 0 saturated carbocycles. The lowest BCUT2D eigenvalue weighted by Gasteiger charge is -1.93. The largest absolute Gasteiger partial charge is 0.294 e. The van der Waals surface area contributed by atoms with Crippen LogP contribution in [0.5, 0.6) is 0 Å². The van der Waals surface area contributed by atoms with Crippen LogP contribution >= 0.6 is 12.6 Å². The van der Waals surface area contributed by atoms with Gasteiger partial charge in [-0.05, 0) is 6.92 Å². The summed E-state index contributed by atoms with van der Waals surface area (Å²) in [5.41, 5.74) is 0.774. The lowest BCUT2D eigenvalue weighted by molar-refractivity contribution is 1.54. The third-order valence-corrected chi connectivity index (χ3v) is 1.41. The zero-order valence-electron chi connectivity index (χ0n) is 7.12. The van der Waals surface area contributed by atoms with Crippen LogP contribution in [0.25, 0.3) is 0 Å². The van der Waals surface area contributed by atoms with Crippen LogP contribution in [-0.4, -0.2) is 5.04 Å². The summed E-state index contributed by atoms with van der Waals surface area (Å²) < 4.78 is 0. The molecule has 0 radical (unpaired) electrons. The topological polar surface area (TPSA) is 23.9 Å². The average Bonchev–Trinajstić information content (AvgIpc) is 2.04. The molecule has 0 heterocycles. The minimum Gasteiger partial charge on any atom is -0.294 e. The fourth-order valence-electron chi connectivity index (χ4n) is 0.585. The number of hydrogen-bond donors (Lipinski definition) is 2. The van der Waals surface area contributed by atoms with Gasteiger partial charge in [0.1, 0.15) is 0 Å². The Morgan fingerprint density at radius 1 is 1.42 bits per heavy atom. The molecule has 0 atom stereocenters. The first kappa shape index (κ1) is 11.0. The summed E-state index contributed by atoms with van der Waals surface area (Å²) in [6.45, 7) is 5.47. The van der Waals surface area contributed by atoms with Crippen molar-refractivity contribution < 1.29 is 0 Å². The van der Waals surface area contributed by atoms with Crippen LogP contribution in [0.15, 0.2) is 48.6 Å². The molecule has 64 valence electrons. The first-order chi connectivity index (χ1) is 5.72. The second-order valence-corrected chi connectivity index (χ2v) is 2.54. The van der Waals surface area contributed by atoms with E-state index < -0.39 is 0 Å². The fraction of sp³-hybridized carbons (Fsp3) is 0.100. The summed E-state index contributed by atoms with van der Waals surface area (Å²) in [6, 6.07) is 0. The van der Waals surface area contributed by atoms with E-state index >= 15 is 0 Å². The normalized spacial score (nSPS) is 12.7. The van der Waals surface area contributed by atoms with Crippen molar-refractivity contribution in [2.75, 3.05) is 0 Å². The quantitative estimate of drug-likeness (QED) is 0.287. The fourth-order valence-corrected chi connectivity index (χ4v) is 0.734. The molecule has 1 nitrogen and oxygen atoms in total. The van der Waals surface area contributed by atoms with Crippen LogP contribution in [0.1, 0.15) is 6.92 Å². The Bertz CT molecular complexity index is 247. The predicted octanol–water partition coefficient (Wildman–Crippen LogP) is 3.14. The summed E-state index contributed by atoms with van der Waals surface area (Å²) in [4.78, 5) is 0. The van der Waals surface area contributed by atoms with E-state index in [1.54, 1.807) is 18.2 Å². The molecule has 0 aliphatic rings. The summed E-state index contributed by atoms with van der Waals surface area (Å²) in [7, 11) is 0. The van der Waals surface area contributed by atoms with Crippen molar-refractivity contribution in [1.82, 2.24) is 0 Å². The first-order valence-corrected chi connectivity index (χ1v) is 4.07. The highest BCUT2D eigenvalue weighted by Crippen LogP contribution is 2.03. The second-order valence-electron chi connectivity index (χ2n) is 2.09. The van der Waals surface area contributed by atoms with E-state index in [0.29, 0.717) is 0 Å². The molecule has 0 spiro atoms. The Morgan fingerprint density at radius 3 is 2.50 bits per heavy atom. The molecule has 1 N–H and O–H groups in total. The van der Waals surface area contributed by atoms with Gasteiger partial charge in [0.05, 0.1) is 5.04 Å². The van der Waals surface area contributed by atoms with Gasteiger partial charge in [0.2, 0.25) is 0 Å². The molecule has 0 fully saturated rings. The van der Waals surface area contributed by atoms with E-state index in [1.165, 1.54) is 0 Å². The molecule has 0 aliphatic heterocycles. The summed E-state index contributed by atoms with van der Waals surface area (Å²) in [5.74, 6) is 0. The van der Waals surface area contributed by atoms with Crippen molar-refractivity contribution in [2.45, 2.75) is 6.92 Å². The molecule has 0 saturated heterocycles. The van der Waals surface area contributed by atoms with E-state index in [4.69, 9.17) is 5.41 Å². The van der Waals surface area contributed by atoms with Crippen LogP contribution in [0, 0.1) is 5.41 Å². The van der Waals surface area contributed by atoms with Gasteiger partial charge in [0.25, 0.3) is 0 Å². The molecular weight excluding hydrogens is 166 g/mol. The molecular formula is C10H13NS. The van der Waals surface area contributed by atoms with Gasteiger partial charge in [-0.1, -0.05) is 43.0 Å². The third-order valence-electron chi connectivity index (χ3n) is 1.15. The lowest BCUT2D eigenvalue weighted by atomic mass is 10.2. The predicted molar refractivity (Wildman–Crippen MR) is 58.9 cm³/mol. The minimum atomic E-state index is 0.256. The molecule has 0 aromatic rings. The highest BCUT2D eigenvalue weighted by atomic mass is 32.1. The molecule has 0 aromatic carbocycles. The second kappa shape index (κ2) is 6.68. The van der Waals surface area contributed by atoms with E-state index in [-0.39, 0.29) is 5.04 Å². The van der Waals surface area contributed by atoms with Gasteiger partial charge in [0, 0.05) is 5.57 Å². The van der Waals surface area contributed by atoms with E-state index in [1.807, 2.05) is 25.2 Å². The summed E-state index contributed by atoms with van der Waals surface area (Å²) in [6.07, 6.45) is 10.8. The van der Waals surface area contributed by atoms with E-state index in [0.717, 1.165) is 5.57 Å². The lowest BCUT2D eigenvalue weighted by Crippen LogP contribution is -1.86. The Morgan fingerprint density at radius 2 is 2.08 bits per heavy atom. The van der Waals surface area contributed by atoms with Crippen LogP contribution in [0.3, 0.4) is 0 Å². The Balaban J connectivity index is 4.54. The van der Waals surface area contributed by atoms with Crippen molar-refractivity contribution in [3.05, 3.63) is 48.6 Å². The molecule has 12 heavy (non-hydrogen) atoms. The van der Waals surface area contributed by atoms with Crippen LogP contribution < -0.4 is 0 Å². The summed E-state index contributed by atoms with van der Waals surface area (Å²) in [5, 5.41) is 7.54. The van der Waals surface area contributed by atoms with Crippen molar-refractivity contribution in [2.24, 2.45) is 0 Å². The summed E-state index contributed by atoms with van der Waals surface area (Å²) >= 11 is 3.93. The van der Waals surface area contributed by atoms with Gasteiger partial charge in [-0.3, -0.25) is 5.41 Å². The number of allylic oxidation sites excluding steroid dienone is 6. The van der Waals surface area contributed by atoms with E-state index in [9.17, 15) is 0 Å². The van der Waals surface area contributed by atoms with Crippen molar-refractivity contribution in [1.29, 1.82) is 5.41 Å². The molecule has 0 aromatic heterocycles. The van der Waals surface area contributed by atoms with Gasteiger partial charge >= 0.3 is 0 Å². The van der Waals surface area contributed by atoms with Gasteiger partial charge in [-0.2, -0.15) is 0 Å². The third kappa shape index (κ3) is 4.74. The van der Waals surface area contributed by atoms with Gasteiger partial charge in [0.15, 0.2) is 0 Å². The Kier molecular flexibility index (Phi) is 6.11. The molecule has 0 amide bonds. The molecule has 0 bridgehead atoms. The van der Waals surface area contributed by atoms with Crippen molar-refractivity contribution >= 4 is 17.7 Å². The Hall–Kier alpha value is -1.02. The highest BCUT2D eigenvalue weighted by molar-refractivity contribution is 7.97. The van der Waals surface area contributed by atoms with Crippen LogP contribution in [0.4, 0.5) is 0 Å². The maximum atomic E-state index is 7.28. The SMILES string of the molecule is C=C\C=C/C(=C\C=C/C)C(=N)S. The maximum Gasteiger partial charge on any atom is 0.0911 e. The minimum absolute atomic E-state index is 0.256. The zero-order chi connectivity index (χ0) is 9.40. The average molecular weight is 179 g/mol. The smallest absolute Gasteiger partial charge is 0.0911 e. The van der Waals surface area contributed by atoms with E-state index in [2.05, 4.69) is 19.2 Å². The first-order valence-electron chi connectivity index (χ1n) is 3.62. The maximum absolute atomic E-state index is 7.28. The zero-order valence-corrected chi connectivity index (χ0v) is 8.01. The Labute approximate surface area is 79.1 Å². The molecule has 2 heteroatoms. The van der Waals surface area contributed by atoms with Crippen LogP contribution in [0.2, 0.25) is 0 Å². The van der Waals surface area contributed by atoms with Crippen LogP contribution in [-0.2, 0) is 0 Å². The standard InChI is InChI=1S/C10H13NS/c1-3-5-7-9(10(11)12)8-6-4-2/h3-8H,1H2,2H3,(H2,11,12)/b6-4-,7-5-,9-8+. The number of thiol groups is 1. The number of nitrogens with one attached hydrogen (secondary N) is 1. The number of hydrogen-bond acceptors (Lipinski definition) is 1. The number of rotatable bonds is 4. The van der Waals surface area contributed by atoms with Crippen molar-refractivity contribution in [3.8, 4) is 0 Å². The highest BCUT2D eigenvalue weighted by Gasteiger charge is 1.91. The van der Waals surface area contributed by atoms with Crippen molar-refractivity contribution in [3.63, 3.8) is 0 Å². The molecule has 0 rings (SSSR count). The van der Waals surface area contributed by atoms with Gasteiger partial charge in [-0.25, -0.2) is 0 Å².